The van der Waals surface area contributed by atoms with E-state index in [1.807, 2.05) is 15.6 Å². The van der Waals surface area contributed by atoms with Crippen LogP contribution in [0.2, 0.25) is 0 Å². The third-order valence-corrected chi connectivity index (χ3v) is 7.51. The maximum atomic E-state index is 12.4. The van der Waals surface area contributed by atoms with Crippen molar-refractivity contribution in [3.8, 4) is 0 Å². The standard InChI is InChI=1S/C18H28N4O3S/c23-18(15-6-3-7-15)21-8-9-22-17(12-21)10-16(20-22)11-19-26(24,25)13-14-4-1-2-5-14/h10,14-15,19H,1-9,11-13H2. The molecule has 1 aliphatic heterocycles. The minimum atomic E-state index is -3.26. The highest BCUT2D eigenvalue weighted by molar-refractivity contribution is 7.89. The zero-order valence-corrected chi connectivity index (χ0v) is 16.0. The van der Waals surface area contributed by atoms with Crippen LogP contribution in [0.25, 0.3) is 0 Å². The van der Waals surface area contributed by atoms with Crippen molar-refractivity contribution in [1.29, 1.82) is 0 Å². The molecule has 1 aromatic heterocycles. The average molecular weight is 381 g/mol. The van der Waals surface area contributed by atoms with E-state index in [1.54, 1.807) is 0 Å². The van der Waals surface area contributed by atoms with Crippen LogP contribution in [0, 0.1) is 11.8 Å². The molecule has 1 amide bonds. The fourth-order valence-electron chi connectivity index (χ4n) is 4.24. The smallest absolute Gasteiger partial charge is 0.226 e. The topological polar surface area (TPSA) is 84.3 Å². The molecule has 0 radical (unpaired) electrons. The molecule has 0 atom stereocenters. The van der Waals surface area contributed by atoms with Gasteiger partial charge in [-0.25, -0.2) is 13.1 Å². The van der Waals surface area contributed by atoms with Gasteiger partial charge in [-0.2, -0.15) is 5.10 Å². The van der Waals surface area contributed by atoms with Gasteiger partial charge in [-0.3, -0.25) is 9.48 Å². The van der Waals surface area contributed by atoms with Gasteiger partial charge in [0.2, 0.25) is 15.9 Å². The molecule has 4 rings (SSSR count). The van der Waals surface area contributed by atoms with E-state index in [1.165, 1.54) is 0 Å². The lowest BCUT2D eigenvalue weighted by Gasteiger charge is -2.34. The summed E-state index contributed by atoms with van der Waals surface area (Å²) in [7, 11) is -3.26. The van der Waals surface area contributed by atoms with Gasteiger partial charge < -0.3 is 4.90 Å². The lowest BCUT2D eigenvalue weighted by Crippen LogP contribution is -2.43. The average Bonchev–Trinajstić information content (AvgIpc) is 3.19. The van der Waals surface area contributed by atoms with Crippen molar-refractivity contribution >= 4 is 15.9 Å². The number of nitrogens with one attached hydrogen (secondary N) is 1. The van der Waals surface area contributed by atoms with Gasteiger partial charge in [0.1, 0.15) is 0 Å². The Morgan fingerprint density at radius 1 is 1.15 bits per heavy atom. The summed E-state index contributed by atoms with van der Waals surface area (Å²) in [5.41, 5.74) is 1.72. The molecule has 2 heterocycles. The third kappa shape index (κ3) is 3.96. The van der Waals surface area contributed by atoms with Crippen molar-refractivity contribution in [1.82, 2.24) is 19.4 Å². The largest absolute Gasteiger partial charge is 0.335 e. The first kappa shape index (κ1) is 18.0. The molecule has 26 heavy (non-hydrogen) atoms. The van der Waals surface area contributed by atoms with E-state index in [0.29, 0.717) is 25.6 Å². The molecule has 2 fully saturated rings. The molecule has 3 aliphatic rings. The van der Waals surface area contributed by atoms with Gasteiger partial charge in [0, 0.05) is 12.5 Å². The number of carbonyl (C=O) groups excluding carboxylic acids is 1. The normalized spacial score (nSPS) is 21.6. The number of hydrogen-bond donors (Lipinski definition) is 1. The molecule has 2 aliphatic carbocycles. The molecule has 8 heteroatoms. The number of nitrogens with zero attached hydrogens (tertiary/aromatic N) is 3. The Kier molecular flexibility index (Phi) is 5.05. The van der Waals surface area contributed by atoms with Crippen LogP contribution in [0.15, 0.2) is 6.07 Å². The van der Waals surface area contributed by atoms with E-state index in [-0.39, 0.29) is 24.1 Å². The van der Waals surface area contributed by atoms with E-state index in [2.05, 4.69) is 9.82 Å². The predicted molar refractivity (Wildman–Crippen MR) is 97.6 cm³/mol. The van der Waals surface area contributed by atoms with Crippen molar-refractivity contribution in [2.45, 2.75) is 64.6 Å². The molecular formula is C18H28N4O3S. The highest BCUT2D eigenvalue weighted by Crippen LogP contribution is 2.29. The van der Waals surface area contributed by atoms with Gasteiger partial charge in [0.25, 0.3) is 0 Å². The highest BCUT2D eigenvalue weighted by Gasteiger charge is 2.31. The van der Waals surface area contributed by atoms with Crippen LogP contribution in [0.1, 0.15) is 56.3 Å². The van der Waals surface area contributed by atoms with Gasteiger partial charge >= 0.3 is 0 Å². The molecule has 0 bridgehead atoms. The van der Waals surface area contributed by atoms with Crippen LogP contribution in [-0.4, -0.2) is 41.3 Å². The maximum Gasteiger partial charge on any atom is 0.226 e. The second-order valence-electron chi connectivity index (χ2n) is 7.99. The number of sulfonamides is 1. The van der Waals surface area contributed by atoms with Crippen molar-refractivity contribution in [3.63, 3.8) is 0 Å². The number of carbonyl (C=O) groups is 1. The Morgan fingerprint density at radius 2 is 1.92 bits per heavy atom. The maximum absolute atomic E-state index is 12.4. The van der Waals surface area contributed by atoms with Gasteiger partial charge in [-0.15, -0.1) is 0 Å². The summed E-state index contributed by atoms with van der Waals surface area (Å²) in [5.74, 6) is 1.01. The first-order valence-electron chi connectivity index (χ1n) is 9.82. The molecule has 0 unspecified atom stereocenters. The third-order valence-electron chi connectivity index (χ3n) is 6.02. The van der Waals surface area contributed by atoms with Crippen molar-refractivity contribution in [2.24, 2.45) is 11.8 Å². The number of hydrogen-bond acceptors (Lipinski definition) is 4. The van der Waals surface area contributed by atoms with E-state index in [4.69, 9.17) is 0 Å². The summed E-state index contributed by atoms with van der Waals surface area (Å²) < 4.78 is 29.1. The summed E-state index contributed by atoms with van der Waals surface area (Å²) in [6, 6.07) is 1.93. The molecule has 7 nitrogen and oxygen atoms in total. The molecule has 0 saturated heterocycles. The number of fused-ring (bicyclic) bond motifs is 1. The van der Waals surface area contributed by atoms with Gasteiger partial charge in [-0.05, 0) is 37.7 Å². The Bertz CT molecular complexity index is 763. The zero-order chi connectivity index (χ0) is 18.1. The van der Waals surface area contributed by atoms with Gasteiger partial charge in [0.15, 0.2) is 0 Å². The summed E-state index contributed by atoms with van der Waals surface area (Å²) >= 11 is 0. The molecule has 1 aromatic rings. The lowest BCUT2D eigenvalue weighted by molar-refractivity contribution is -0.139. The Labute approximate surface area is 155 Å². The van der Waals surface area contributed by atoms with Crippen LogP contribution in [0.4, 0.5) is 0 Å². The number of aromatic nitrogens is 2. The van der Waals surface area contributed by atoms with Crippen LogP contribution >= 0.6 is 0 Å². The van der Waals surface area contributed by atoms with Crippen LogP contribution in [-0.2, 0) is 34.5 Å². The van der Waals surface area contributed by atoms with Crippen molar-refractivity contribution in [2.75, 3.05) is 12.3 Å². The van der Waals surface area contributed by atoms with Crippen molar-refractivity contribution < 1.29 is 13.2 Å². The second-order valence-corrected chi connectivity index (χ2v) is 9.84. The van der Waals surface area contributed by atoms with Crippen LogP contribution in [0.5, 0.6) is 0 Å². The molecule has 144 valence electrons. The number of rotatable bonds is 6. The van der Waals surface area contributed by atoms with Crippen LogP contribution in [0.3, 0.4) is 0 Å². The SMILES string of the molecule is O=C(C1CCC1)N1CCn2nc(CNS(=O)(=O)CC3CCCC3)cc2C1. The summed E-state index contributed by atoms with van der Waals surface area (Å²) in [4.78, 5) is 14.3. The lowest BCUT2D eigenvalue weighted by atomic mass is 9.84. The molecule has 0 spiro atoms. The minimum Gasteiger partial charge on any atom is -0.335 e. The minimum absolute atomic E-state index is 0.214. The molecule has 0 aromatic carbocycles. The quantitative estimate of drug-likeness (QED) is 0.813. The van der Waals surface area contributed by atoms with E-state index >= 15 is 0 Å². The number of amides is 1. The van der Waals surface area contributed by atoms with E-state index < -0.39 is 10.0 Å². The summed E-state index contributed by atoms with van der Waals surface area (Å²) in [5, 5.41) is 4.51. The highest BCUT2D eigenvalue weighted by atomic mass is 32.2. The Hall–Kier alpha value is -1.41. The fourth-order valence-corrected chi connectivity index (χ4v) is 5.68. The second kappa shape index (κ2) is 7.31. The van der Waals surface area contributed by atoms with Gasteiger partial charge in [-0.1, -0.05) is 19.3 Å². The summed E-state index contributed by atoms with van der Waals surface area (Å²) in [6.45, 7) is 2.18. The Balaban J connectivity index is 1.33. The first-order chi connectivity index (χ1) is 12.5. The van der Waals surface area contributed by atoms with Gasteiger partial charge in [0.05, 0.1) is 36.8 Å². The molecule has 2 saturated carbocycles. The molecular weight excluding hydrogens is 352 g/mol. The van der Waals surface area contributed by atoms with Crippen molar-refractivity contribution in [3.05, 3.63) is 17.5 Å². The first-order valence-corrected chi connectivity index (χ1v) is 11.5. The van der Waals surface area contributed by atoms with Crippen LogP contribution < -0.4 is 4.72 Å². The van der Waals surface area contributed by atoms with E-state index in [9.17, 15) is 13.2 Å². The Morgan fingerprint density at radius 3 is 2.62 bits per heavy atom. The summed E-state index contributed by atoms with van der Waals surface area (Å²) in [6.07, 6.45) is 7.52. The molecule has 1 N–H and O–H groups in total. The zero-order valence-electron chi connectivity index (χ0n) is 15.2. The monoisotopic (exact) mass is 380 g/mol. The fraction of sp³-hybridized carbons (Fsp3) is 0.778. The van der Waals surface area contributed by atoms with E-state index in [0.717, 1.165) is 56.3 Å². The predicted octanol–water partition coefficient (Wildman–Crippen LogP) is 1.63.